The Morgan fingerprint density at radius 2 is 1.74 bits per heavy atom. The number of allylic oxidation sites excluding steroid dienone is 1. The van der Waals surface area contributed by atoms with E-state index in [2.05, 4.69) is 16.0 Å². The molecule has 5 rings (SSSR count). The third kappa shape index (κ3) is 3.07. The van der Waals surface area contributed by atoms with Gasteiger partial charge in [-0.2, -0.15) is 0 Å². The van der Waals surface area contributed by atoms with Crippen LogP contribution in [0.1, 0.15) is 36.6 Å². The van der Waals surface area contributed by atoms with Crippen LogP contribution in [0.4, 0.5) is 14.9 Å². The normalized spacial score (nSPS) is 23.6. The van der Waals surface area contributed by atoms with Gasteiger partial charge in [0, 0.05) is 11.1 Å². The standard InChI is InChI=1S/C23H18FN3O4/c1-23(2)15(11-3-5-12(6-4-11)19-21(29)27-22(30)26-19)10-17(31-23)18-14-8-7-13(24)9-16(14)25-20(18)28/h3-10,19H,1-2H3,(H,25,28)(H2,26,27,29,30)/b18-17+. The van der Waals surface area contributed by atoms with Crippen molar-refractivity contribution in [3.63, 3.8) is 0 Å². The van der Waals surface area contributed by atoms with Gasteiger partial charge in [-0.05, 0) is 49.2 Å². The van der Waals surface area contributed by atoms with E-state index in [1.165, 1.54) is 12.1 Å². The molecule has 8 heteroatoms. The van der Waals surface area contributed by atoms with Crippen molar-refractivity contribution < 1.29 is 23.5 Å². The van der Waals surface area contributed by atoms with Crippen molar-refractivity contribution in [2.75, 3.05) is 5.32 Å². The van der Waals surface area contributed by atoms with Gasteiger partial charge >= 0.3 is 6.03 Å². The molecule has 4 amide bonds. The van der Waals surface area contributed by atoms with Gasteiger partial charge in [-0.1, -0.05) is 24.3 Å². The number of halogens is 1. The van der Waals surface area contributed by atoms with Gasteiger partial charge in [0.05, 0.1) is 11.3 Å². The van der Waals surface area contributed by atoms with Crippen LogP contribution in [0.5, 0.6) is 0 Å². The van der Waals surface area contributed by atoms with Crippen molar-refractivity contribution in [3.8, 4) is 0 Å². The summed E-state index contributed by atoms with van der Waals surface area (Å²) >= 11 is 0. The summed E-state index contributed by atoms with van der Waals surface area (Å²) in [4.78, 5) is 35.8. The van der Waals surface area contributed by atoms with Gasteiger partial charge in [-0.3, -0.25) is 14.9 Å². The Balaban J connectivity index is 1.52. The number of anilines is 1. The summed E-state index contributed by atoms with van der Waals surface area (Å²) in [6.45, 7) is 3.78. The molecule has 0 bridgehead atoms. The smallest absolute Gasteiger partial charge is 0.322 e. The minimum Gasteiger partial charge on any atom is -0.482 e. The number of amides is 4. The first-order valence-electron chi connectivity index (χ1n) is 9.71. The molecule has 0 spiro atoms. The molecule has 1 saturated heterocycles. The van der Waals surface area contributed by atoms with Gasteiger partial charge < -0.3 is 15.4 Å². The van der Waals surface area contributed by atoms with Crippen molar-refractivity contribution in [3.05, 3.63) is 76.8 Å². The topological polar surface area (TPSA) is 96.5 Å². The number of imide groups is 1. The van der Waals surface area contributed by atoms with E-state index in [0.717, 1.165) is 11.1 Å². The van der Waals surface area contributed by atoms with Crippen molar-refractivity contribution in [2.24, 2.45) is 0 Å². The molecule has 0 saturated carbocycles. The average molecular weight is 419 g/mol. The zero-order chi connectivity index (χ0) is 21.9. The first kappa shape index (κ1) is 19.0. The molecule has 3 aliphatic heterocycles. The first-order valence-corrected chi connectivity index (χ1v) is 9.71. The number of carbonyl (C=O) groups excluding carboxylic acids is 3. The summed E-state index contributed by atoms with van der Waals surface area (Å²) in [5, 5.41) is 7.46. The van der Waals surface area contributed by atoms with Crippen molar-refractivity contribution in [2.45, 2.75) is 25.5 Å². The Morgan fingerprint density at radius 1 is 1.00 bits per heavy atom. The molecule has 0 radical (unpaired) electrons. The second-order valence-corrected chi connectivity index (χ2v) is 8.07. The van der Waals surface area contributed by atoms with E-state index in [1.807, 2.05) is 32.1 Å². The number of nitrogens with one attached hydrogen (secondary N) is 3. The average Bonchev–Trinajstić information content (AvgIpc) is 3.32. The van der Waals surface area contributed by atoms with Crippen LogP contribution in [0.2, 0.25) is 0 Å². The number of ether oxygens (including phenoxy) is 1. The highest BCUT2D eigenvalue weighted by molar-refractivity contribution is 6.32. The number of fused-ring (bicyclic) bond motifs is 1. The largest absolute Gasteiger partial charge is 0.482 e. The lowest BCUT2D eigenvalue weighted by atomic mass is 9.91. The molecule has 0 aromatic heterocycles. The molecule has 1 fully saturated rings. The summed E-state index contributed by atoms with van der Waals surface area (Å²) in [5.41, 5.74) is 3.02. The molecule has 2 aromatic carbocycles. The summed E-state index contributed by atoms with van der Waals surface area (Å²) < 4.78 is 19.7. The fraction of sp³-hybridized carbons (Fsp3) is 0.174. The third-order valence-electron chi connectivity index (χ3n) is 5.59. The van der Waals surface area contributed by atoms with Gasteiger partial charge in [0.25, 0.3) is 11.8 Å². The van der Waals surface area contributed by atoms with Gasteiger partial charge in [0.15, 0.2) is 0 Å². The molecule has 1 atom stereocenters. The van der Waals surface area contributed by atoms with Gasteiger partial charge in [0.1, 0.15) is 23.2 Å². The van der Waals surface area contributed by atoms with Crippen LogP contribution < -0.4 is 16.0 Å². The van der Waals surface area contributed by atoms with E-state index in [0.29, 0.717) is 28.1 Å². The summed E-state index contributed by atoms with van der Waals surface area (Å²) in [6.07, 6.45) is 1.81. The number of hydrogen-bond acceptors (Lipinski definition) is 4. The summed E-state index contributed by atoms with van der Waals surface area (Å²) in [7, 11) is 0. The number of urea groups is 1. The number of rotatable bonds is 2. The summed E-state index contributed by atoms with van der Waals surface area (Å²) in [5.74, 6) is -0.756. The zero-order valence-corrected chi connectivity index (χ0v) is 16.7. The van der Waals surface area contributed by atoms with Crippen LogP contribution in [0.15, 0.2) is 54.3 Å². The molecule has 2 aromatic rings. The number of benzene rings is 2. The van der Waals surface area contributed by atoms with E-state index in [9.17, 15) is 18.8 Å². The maximum absolute atomic E-state index is 13.5. The van der Waals surface area contributed by atoms with Crippen LogP contribution in [0.3, 0.4) is 0 Å². The van der Waals surface area contributed by atoms with Crippen molar-refractivity contribution in [1.82, 2.24) is 10.6 Å². The molecule has 31 heavy (non-hydrogen) atoms. The predicted molar refractivity (Wildman–Crippen MR) is 111 cm³/mol. The van der Waals surface area contributed by atoms with Gasteiger partial charge in [-0.15, -0.1) is 0 Å². The van der Waals surface area contributed by atoms with Crippen molar-refractivity contribution >= 4 is 34.7 Å². The lowest BCUT2D eigenvalue weighted by Crippen LogP contribution is -2.22. The molecular formula is C23H18FN3O4. The molecule has 3 aliphatic rings. The molecule has 3 N–H and O–H groups in total. The Hall–Kier alpha value is -3.94. The monoisotopic (exact) mass is 419 g/mol. The lowest BCUT2D eigenvalue weighted by molar-refractivity contribution is -0.120. The van der Waals surface area contributed by atoms with E-state index < -0.39 is 29.4 Å². The Kier molecular flexibility index (Phi) is 4.01. The fourth-order valence-electron chi connectivity index (χ4n) is 4.11. The van der Waals surface area contributed by atoms with E-state index >= 15 is 0 Å². The number of carbonyl (C=O) groups is 3. The molecule has 7 nitrogen and oxygen atoms in total. The minimum absolute atomic E-state index is 0.345. The minimum atomic E-state index is -0.722. The fourth-order valence-corrected chi connectivity index (χ4v) is 4.11. The highest BCUT2D eigenvalue weighted by atomic mass is 19.1. The highest BCUT2D eigenvalue weighted by Gasteiger charge is 2.38. The van der Waals surface area contributed by atoms with E-state index in [4.69, 9.17) is 4.74 Å². The quantitative estimate of drug-likeness (QED) is 0.514. The number of hydrogen-bond donors (Lipinski definition) is 3. The molecule has 156 valence electrons. The van der Waals surface area contributed by atoms with Crippen LogP contribution in [0.25, 0.3) is 11.1 Å². The second-order valence-electron chi connectivity index (χ2n) is 8.07. The maximum atomic E-state index is 13.5. The van der Waals surface area contributed by atoms with E-state index in [-0.39, 0.29) is 5.91 Å². The Morgan fingerprint density at radius 3 is 2.42 bits per heavy atom. The SMILES string of the molecule is CC1(C)O/C(=C2/C(=O)Nc3cc(F)ccc32)C=C1c1ccc(C2NC(=O)NC2=O)cc1. The molecular weight excluding hydrogens is 401 g/mol. The van der Waals surface area contributed by atoms with Crippen LogP contribution >= 0.6 is 0 Å². The Bertz CT molecular complexity index is 1230. The third-order valence-corrected chi connectivity index (χ3v) is 5.59. The van der Waals surface area contributed by atoms with E-state index in [1.54, 1.807) is 18.2 Å². The zero-order valence-electron chi connectivity index (χ0n) is 16.7. The van der Waals surface area contributed by atoms with Gasteiger partial charge in [0.2, 0.25) is 0 Å². The molecule has 0 aliphatic carbocycles. The maximum Gasteiger partial charge on any atom is 0.322 e. The molecule has 3 heterocycles. The lowest BCUT2D eigenvalue weighted by Gasteiger charge is -2.23. The van der Waals surface area contributed by atoms with Crippen LogP contribution in [0, 0.1) is 5.82 Å². The van der Waals surface area contributed by atoms with Crippen LogP contribution in [-0.4, -0.2) is 23.4 Å². The van der Waals surface area contributed by atoms with Crippen LogP contribution in [-0.2, 0) is 14.3 Å². The second kappa shape index (κ2) is 6.53. The van der Waals surface area contributed by atoms with Gasteiger partial charge in [-0.25, -0.2) is 9.18 Å². The van der Waals surface area contributed by atoms with Crippen molar-refractivity contribution in [1.29, 1.82) is 0 Å². The molecule has 1 unspecified atom stereocenters. The first-order chi connectivity index (χ1) is 14.7. The predicted octanol–water partition coefficient (Wildman–Crippen LogP) is 3.26. The summed E-state index contributed by atoms with van der Waals surface area (Å²) in [6, 6.07) is 10.1. The highest BCUT2D eigenvalue weighted by Crippen LogP contribution is 2.44. The Labute approximate surface area is 177 Å².